The van der Waals surface area contributed by atoms with Crippen molar-refractivity contribution in [2.45, 2.75) is 24.7 Å². The smallest absolute Gasteiger partial charge is 0.238 e. The number of carbonyl (C=O) groups excluding carboxylic acids is 1. The van der Waals surface area contributed by atoms with E-state index in [9.17, 15) is 13.2 Å². The quantitative estimate of drug-likeness (QED) is 0.804. The molecule has 1 aliphatic rings. The van der Waals surface area contributed by atoms with E-state index in [0.717, 1.165) is 24.3 Å². The van der Waals surface area contributed by atoms with Gasteiger partial charge in [0.15, 0.2) is 0 Å². The fraction of sp³-hybridized carbons (Fsp3) is 0.350. The fourth-order valence-electron chi connectivity index (χ4n) is 3.38. The lowest BCUT2D eigenvalue weighted by Gasteiger charge is -2.37. The van der Waals surface area contributed by atoms with Gasteiger partial charge in [0.05, 0.1) is 4.90 Å². The zero-order chi connectivity index (χ0) is 20.3. The molecule has 0 radical (unpaired) electrons. The molecule has 2 N–H and O–H groups in total. The molecule has 2 aromatic carbocycles. The summed E-state index contributed by atoms with van der Waals surface area (Å²) < 4.78 is 22.6. The summed E-state index contributed by atoms with van der Waals surface area (Å²) >= 11 is 6.12. The Balaban J connectivity index is 1.52. The SMILES string of the molecule is Cc1ccc(Cl)cc1N1CCN(C(=O)CCc2ccc(S(N)(=O)=O)cc2)CC1. The first-order valence-corrected chi connectivity index (χ1v) is 11.1. The van der Waals surface area contributed by atoms with Gasteiger partial charge in [0.1, 0.15) is 0 Å². The lowest BCUT2D eigenvalue weighted by molar-refractivity contribution is -0.131. The van der Waals surface area contributed by atoms with E-state index in [0.29, 0.717) is 31.0 Å². The Kier molecular flexibility index (Phi) is 6.27. The first-order chi connectivity index (χ1) is 13.2. The number of hydrogen-bond acceptors (Lipinski definition) is 4. The minimum absolute atomic E-state index is 0.0787. The average Bonchev–Trinajstić information content (AvgIpc) is 2.68. The standard InChI is InChI=1S/C20H24ClN3O3S/c1-15-2-6-17(21)14-19(15)23-10-12-24(13-11-23)20(25)9-5-16-3-7-18(8-4-16)28(22,26)27/h2-4,6-8,14H,5,9-13H2,1H3,(H2,22,26,27). The van der Waals surface area contributed by atoms with Crippen LogP contribution in [0.5, 0.6) is 0 Å². The predicted octanol–water partition coefficient (Wildman–Crippen LogP) is 2.58. The summed E-state index contributed by atoms with van der Waals surface area (Å²) in [7, 11) is -3.69. The minimum atomic E-state index is -3.69. The number of piperazine rings is 1. The van der Waals surface area contributed by atoms with Crippen LogP contribution in [0.3, 0.4) is 0 Å². The summed E-state index contributed by atoms with van der Waals surface area (Å²) in [5.41, 5.74) is 3.20. The lowest BCUT2D eigenvalue weighted by atomic mass is 10.1. The second-order valence-electron chi connectivity index (χ2n) is 6.99. The first-order valence-electron chi connectivity index (χ1n) is 9.14. The number of sulfonamides is 1. The van der Waals surface area contributed by atoms with Crippen molar-refractivity contribution < 1.29 is 13.2 Å². The molecule has 0 atom stereocenters. The summed E-state index contributed by atoms with van der Waals surface area (Å²) in [5.74, 6) is 0.109. The van der Waals surface area contributed by atoms with E-state index in [1.807, 2.05) is 23.1 Å². The number of nitrogens with zero attached hydrogens (tertiary/aromatic N) is 2. The molecule has 0 bridgehead atoms. The van der Waals surface area contributed by atoms with Crippen molar-refractivity contribution in [3.63, 3.8) is 0 Å². The maximum absolute atomic E-state index is 12.5. The van der Waals surface area contributed by atoms with Crippen LogP contribution in [-0.4, -0.2) is 45.4 Å². The number of aryl methyl sites for hydroxylation is 2. The number of rotatable bonds is 5. The molecule has 2 aromatic rings. The van der Waals surface area contributed by atoms with Gasteiger partial charge in [0.25, 0.3) is 0 Å². The predicted molar refractivity (Wildman–Crippen MR) is 111 cm³/mol. The van der Waals surface area contributed by atoms with Crippen molar-refractivity contribution in [2.75, 3.05) is 31.1 Å². The van der Waals surface area contributed by atoms with Crippen LogP contribution in [0, 0.1) is 6.92 Å². The average molecular weight is 422 g/mol. The van der Waals surface area contributed by atoms with E-state index < -0.39 is 10.0 Å². The molecule has 1 saturated heterocycles. The Bertz CT molecular complexity index is 953. The van der Waals surface area contributed by atoms with Crippen LogP contribution in [-0.2, 0) is 21.2 Å². The number of halogens is 1. The number of carbonyl (C=O) groups is 1. The Morgan fingerprint density at radius 1 is 1.07 bits per heavy atom. The van der Waals surface area contributed by atoms with Crippen molar-refractivity contribution in [3.8, 4) is 0 Å². The van der Waals surface area contributed by atoms with Gasteiger partial charge in [-0.05, 0) is 48.7 Å². The van der Waals surface area contributed by atoms with E-state index >= 15 is 0 Å². The van der Waals surface area contributed by atoms with Gasteiger partial charge in [-0.2, -0.15) is 0 Å². The van der Waals surface area contributed by atoms with Crippen molar-refractivity contribution >= 4 is 33.2 Å². The number of hydrogen-bond donors (Lipinski definition) is 1. The van der Waals surface area contributed by atoms with Gasteiger partial charge < -0.3 is 9.80 Å². The zero-order valence-corrected chi connectivity index (χ0v) is 17.3. The number of amides is 1. The minimum Gasteiger partial charge on any atom is -0.368 e. The topological polar surface area (TPSA) is 83.7 Å². The maximum Gasteiger partial charge on any atom is 0.238 e. The van der Waals surface area contributed by atoms with E-state index in [1.165, 1.54) is 17.7 Å². The highest BCUT2D eigenvalue weighted by Gasteiger charge is 2.22. The summed E-state index contributed by atoms with van der Waals surface area (Å²) in [5, 5.41) is 5.81. The van der Waals surface area contributed by atoms with Crippen LogP contribution in [0.15, 0.2) is 47.4 Å². The lowest BCUT2D eigenvalue weighted by Crippen LogP contribution is -2.49. The number of benzene rings is 2. The highest BCUT2D eigenvalue weighted by molar-refractivity contribution is 7.89. The summed E-state index contributed by atoms with van der Waals surface area (Å²) in [6.45, 7) is 4.96. The normalized spacial score (nSPS) is 15.0. The fourth-order valence-corrected chi connectivity index (χ4v) is 4.06. The molecule has 8 heteroatoms. The molecule has 0 aromatic heterocycles. The third-order valence-corrected chi connectivity index (χ3v) is 6.19. The van der Waals surface area contributed by atoms with Gasteiger partial charge in [0, 0.05) is 43.3 Å². The van der Waals surface area contributed by atoms with Crippen LogP contribution < -0.4 is 10.0 Å². The van der Waals surface area contributed by atoms with Gasteiger partial charge in [-0.1, -0.05) is 29.8 Å². The molecular formula is C20H24ClN3O3S. The number of nitrogens with two attached hydrogens (primary N) is 1. The van der Waals surface area contributed by atoms with E-state index in [2.05, 4.69) is 11.8 Å². The van der Waals surface area contributed by atoms with Crippen LogP contribution in [0.25, 0.3) is 0 Å². The molecule has 28 heavy (non-hydrogen) atoms. The molecule has 3 rings (SSSR count). The molecule has 0 saturated carbocycles. The van der Waals surface area contributed by atoms with Crippen molar-refractivity contribution in [1.82, 2.24) is 4.90 Å². The van der Waals surface area contributed by atoms with Crippen LogP contribution in [0.4, 0.5) is 5.69 Å². The third kappa shape index (κ3) is 5.04. The van der Waals surface area contributed by atoms with Gasteiger partial charge in [0.2, 0.25) is 15.9 Å². The molecule has 1 fully saturated rings. The molecule has 0 spiro atoms. The third-order valence-electron chi connectivity index (χ3n) is 5.02. The van der Waals surface area contributed by atoms with E-state index in [1.54, 1.807) is 12.1 Å². The Labute approximate surface area is 170 Å². The molecular weight excluding hydrogens is 398 g/mol. The number of anilines is 1. The van der Waals surface area contributed by atoms with E-state index in [-0.39, 0.29) is 10.8 Å². The van der Waals surface area contributed by atoms with Gasteiger partial charge in [-0.25, -0.2) is 13.6 Å². The monoisotopic (exact) mass is 421 g/mol. The van der Waals surface area contributed by atoms with Crippen molar-refractivity contribution in [3.05, 3.63) is 58.6 Å². The zero-order valence-electron chi connectivity index (χ0n) is 15.8. The molecule has 6 nitrogen and oxygen atoms in total. The largest absolute Gasteiger partial charge is 0.368 e. The Hall–Kier alpha value is -2.09. The maximum atomic E-state index is 12.5. The van der Waals surface area contributed by atoms with Gasteiger partial charge in [-0.15, -0.1) is 0 Å². The summed E-state index contributed by atoms with van der Waals surface area (Å²) in [4.78, 5) is 16.8. The Morgan fingerprint density at radius 2 is 1.71 bits per heavy atom. The molecule has 150 valence electrons. The number of primary sulfonamides is 1. The second-order valence-corrected chi connectivity index (χ2v) is 8.99. The van der Waals surface area contributed by atoms with Gasteiger partial charge >= 0.3 is 0 Å². The molecule has 1 amide bonds. The first kappa shape index (κ1) is 20.6. The molecule has 1 aliphatic heterocycles. The molecule has 0 unspecified atom stereocenters. The van der Waals surface area contributed by atoms with Crippen LogP contribution >= 0.6 is 11.6 Å². The summed E-state index contributed by atoms with van der Waals surface area (Å²) in [6, 6.07) is 12.2. The molecule has 1 heterocycles. The summed E-state index contributed by atoms with van der Waals surface area (Å²) in [6.07, 6.45) is 0.961. The van der Waals surface area contributed by atoms with Crippen molar-refractivity contribution in [2.24, 2.45) is 5.14 Å². The van der Waals surface area contributed by atoms with E-state index in [4.69, 9.17) is 16.7 Å². The Morgan fingerprint density at radius 3 is 2.32 bits per heavy atom. The highest BCUT2D eigenvalue weighted by atomic mass is 35.5. The van der Waals surface area contributed by atoms with Crippen molar-refractivity contribution in [1.29, 1.82) is 0 Å². The highest BCUT2D eigenvalue weighted by Crippen LogP contribution is 2.25. The van der Waals surface area contributed by atoms with Crippen LogP contribution in [0.1, 0.15) is 17.5 Å². The second kappa shape index (κ2) is 8.51. The van der Waals surface area contributed by atoms with Crippen LogP contribution in [0.2, 0.25) is 5.02 Å². The van der Waals surface area contributed by atoms with Gasteiger partial charge in [-0.3, -0.25) is 4.79 Å². The molecule has 0 aliphatic carbocycles.